The summed E-state index contributed by atoms with van der Waals surface area (Å²) in [5.74, 6) is -10.3. The second-order valence-corrected chi connectivity index (χ2v) is 18.6. The van der Waals surface area contributed by atoms with E-state index in [0.29, 0.717) is 0 Å². The zero-order valence-corrected chi connectivity index (χ0v) is 41.3. The van der Waals surface area contributed by atoms with E-state index in [1.807, 2.05) is 0 Å². The first kappa shape index (κ1) is 60.2. The van der Waals surface area contributed by atoms with Crippen molar-refractivity contribution < 1.29 is 58.2 Å². The third-order valence-electron chi connectivity index (χ3n) is 10.5. The number of carbonyl (C=O) groups excluding carboxylic acids is 9. The summed E-state index contributed by atoms with van der Waals surface area (Å²) in [7, 11) is 0. The quantitative estimate of drug-likeness (QED) is 0.0377. The van der Waals surface area contributed by atoms with Crippen LogP contribution in [-0.4, -0.2) is 136 Å². The van der Waals surface area contributed by atoms with Crippen LogP contribution in [0.1, 0.15) is 93.6 Å². The van der Waals surface area contributed by atoms with Crippen LogP contribution in [0.4, 0.5) is 0 Å². The number of benzene rings is 1. The minimum atomic E-state index is -1.69. The number of carboxylic acids is 1. The standard InChI is InChI=1S/C45H74N10O12S/c1-22(2)17-30(40(61)54-36(25(7)8)44(65)53-33(21-68)42(63)55-35(24(5)6)43(64)51-31(45(66)67)18-23(3)4)50-41(62)32(20-56)52-39(60)29(15-16-34(47)57)49-37(58)26(9)48-38(59)28(46)19-27-13-11-10-12-14-27/h10-14,22-26,28-33,35-36,56,68H,15-21,46H2,1-9H3,(H2,47,57)(H,48,59)(H,49,58)(H,50,62)(H,51,64)(H,52,60)(H,53,65)(H,54,61)(H,55,63)(H,66,67)/t26-,28-,29-,30-,31-,32-,33-,35-,36-/m0/s1. The van der Waals surface area contributed by atoms with Crippen LogP contribution in [0.3, 0.4) is 0 Å². The van der Waals surface area contributed by atoms with Crippen molar-refractivity contribution >= 4 is 71.8 Å². The number of aliphatic carboxylic acids is 1. The van der Waals surface area contributed by atoms with Gasteiger partial charge in [0.25, 0.3) is 0 Å². The Kier molecular flexibility index (Phi) is 26.4. The third kappa shape index (κ3) is 21.4. The fourth-order valence-electron chi connectivity index (χ4n) is 6.63. The molecule has 0 unspecified atom stereocenters. The van der Waals surface area contributed by atoms with Gasteiger partial charge in [0.05, 0.1) is 12.6 Å². The number of nitrogens with one attached hydrogen (secondary N) is 8. The maximum atomic E-state index is 13.8. The highest BCUT2D eigenvalue weighted by molar-refractivity contribution is 7.80. The van der Waals surface area contributed by atoms with Crippen molar-refractivity contribution in [2.24, 2.45) is 35.1 Å². The van der Waals surface area contributed by atoms with Crippen molar-refractivity contribution in [3.8, 4) is 0 Å². The molecule has 14 N–H and O–H groups in total. The molecular weight excluding hydrogens is 905 g/mol. The van der Waals surface area contributed by atoms with E-state index in [0.717, 1.165) is 5.56 Å². The fraction of sp³-hybridized carbons (Fsp3) is 0.644. The zero-order valence-electron chi connectivity index (χ0n) is 40.4. The first-order valence-electron chi connectivity index (χ1n) is 22.7. The van der Waals surface area contributed by atoms with Crippen LogP contribution >= 0.6 is 12.6 Å². The molecule has 0 aliphatic rings. The lowest BCUT2D eigenvalue weighted by atomic mass is 9.99. The van der Waals surface area contributed by atoms with Crippen molar-refractivity contribution in [2.75, 3.05) is 12.4 Å². The Labute approximate surface area is 403 Å². The highest BCUT2D eigenvalue weighted by Gasteiger charge is 2.36. The lowest BCUT2D eigenvalue weighted by molar-refractivity contribution is -0.143. The monoisotopic (exact) mass is 979 g/mol. The first-order valence-corrected chi connectivity index (χ1v) is 23.3. The third-order valence-corrected chi connectivity index (χ3v) is 10.9. The normalized spacial score (nSPS) is 15.3. The molecule has 0 saturated carbocycles. The number of aliphatic hydroxyl groups excluding tert-OH is 1. The van der Waals surface area contributed by atoms with Gasteiger partial charge in [-0.25, -0.2) is 4.79 Å². The van der Waals surface area contributed by atoms with E-state index >= 15 is 0 Å². The van der Waals surface area contributed by atoms with E-state index in [-0.39, 0.29) is 49.7 Å². The Hall–Kier alpha value is -5.81. The number of amides is 9. The molecule has 22 nitrogen and oxygen atoms in total. The predicted octanol–water partition coefficient (Wildman–Crippen LogP) is -1.87. The molecule has 0 aliphatic carbocycles. The van der Waals surface area contributed by atoms with Crippen molar-refractivity contribution in [3.63, 3.8) is 0 Å². The first-order chi connectivity index (χ1) is 31.7. The number of primary amides is 1. The second kappa shape index (κ2) is 29.8. The summed E-state index contributed by atoms with van der Waals surface area (Å²) in [5.41, 5.74) is 12.1. The van der Waals surface area contributed by atoms with Gasteiger partial charge in [-0.3, -0.25) is 43.2 Å². The molecule has 1 rings (SSSR count). The molecule has 9 atom stereocenters. The van der Waals surface area contributed by atoms with Gasteiger partial charge in [-0.05, 0) is 61.8 Å². The van der Waals surface area contributed by atoms with Crippen LogP contribution in [0.15, 0.2) is 30.3 Å². The van der Waals surface area contributed by atoms with Gasteiger partial charge < -0.3 is 64.2 Å². The Balaban J connectivity index is 3.15. The van der Waals surface area contributed by atoms with Gasteiger partial charge in [0, 0.05) is 12.2 Å². The summed E-state index contributed by atoms with van der Waals surface area (Å²) in [6.07, 6.45) is -0.350. The molecule has 0 radical (unpaired) electrons. The van der Waals surface area contributed by atoms with Gasteiger partial charge in [-0.2, -0.15) is 12.6 Å². The van der Waals surface area contributed by atoms with Crippen LogP contribution in [0.25, 0.3) is 0 Å². The van der Waals surface area contributed by atoms with Gasteiger partial charge in [-0.15, -0.1) is 0 Å². The van der Waals surface area contributed by atoms with Gasteiger partial charge in [0.2, 0.25) is 53.2 Å². The van der Waals surface area contributed by atoms with Crippen molar-refractivity contribution in [3.05, 3.63) is 35.9 Å². The van der Waals surface area contributed by atoms with Crippen LogP contribution in [0.5, 0.6) is 0 Å². The predicted molar refractivity (Wildman–Crippen MR) is 255 cm³/mol. The fourth-order valence-corrected chi connectivity index (χ4v) is 6.89. The number of carbonyl (C=O) groups is 10. The molecule has 0 fully saturated rings. The molecule has 0 saturated heterocycles. The van der Waals surface area contributed by atoms with Gasteiger partial charge in [0.1, 0.15) is 48.3 Å². The molecule has 0 aliphatic heterocycles. The van der Waals surface area contributed by atoms with E-state index in [9.17, 15) is 58.2 Å². The van der Waals surface area contributed by atoms with E-state index in [4.69, 9.17) is 11.5 Å². The molecule has 1 aromatic rings. The SMILES string of the molecule is CC(C)C[C@H](NC(=O)[C@@H](NC(=O)[C@H](CS)NC(=O)[C@@H](NC(=O)[C@H](CC(C)C)NC(=O)[C@H](CO)NC(=O)[C@H](CCC(N)=O)NC(=O)[C@H](C)NC(=O)[C@@H](N)Cc1ccccc1)C(C)C)C(C)C)C(=O)O. The highest BCUT2D eigenvalue weighted by atomic mass is 32.1. The van der Waals surface area contributed by atoms with Crippen LogP contribution in [0.2, 0.25) is 0 Å². The minimum Gasteiger partial charge on any atom is -0.480 e. The number of hydrogen-bond acceptors (Lipinski definition) is 13. The average Bonchev–Trinajstić information content (AvgIpc) is 3.25. The maximum absolute atomic E-state index is 13.8. The number of thiol groups is 1. The smallest absolute Gasteiger partial charge is 0.326 e. The number of hydrogen-bond donors (Lipinski definition) is 13. The van der Waals surface area contributed by atoms with Crippen LogP contribution in [-0.2, 0) is 54.4 Å². The molecule has 382 valence electrons. The number of nitrogens with two attached hydrogens (primary N) is 2. The summed E-state index contributed by atoms with van der Waals surface area (Å²) in [5, 5.41) is 39.7. The van der Waals surface area contributed by atoms with Crippen molar-refractivity contribution in [1.82, 2.24) is 42.5 Å². The summed E-state index contributed by atoms with van der Waals surface area (Å²) in [4.78, 5) is 131. The lowest BCUT2D eigenvalue weighted by Gasteiger charge is -2.29. The van der Waals surface area contributed by atoms with E-state index < -0.39 is 132 Å². The summed E-state index contributed by atoms with van der Waals surface area (Å²) >= 11 is 4.22. The molecule has 0 heterocycles. The molecule has 0 bridgehead atoms. The highest BCUT2D eigenvalue weighted by Crippen LogP contribution is 2.12. The Morgan fingerprint density at radius 2 is 0.971 bits per heavy atom. The summed E-state index contributed by atoms with van der Waals surface area (Å²) in [6.45, 7) is 14.0. The Morgan fingerprint density at radius 3 is 1.43 bits per heavy atom. The second-order valence-electron chi connectivity index (χ2n) is 18.3. The number of aliphatic hydroxyl groups is 1. The van der Waals surface area contributed by atoms with Gasteiger partial charge in [0.15, 0.2) is 0 Å². The maximum Gasteiger partial charge on any atom is 0.326 e. The lowest BCUT2D eigenvalue weighted by Crippen LogP contribution is -2.62. The zero-order chi connectivity index (χ0) is 52.0. The van der Waals surface area contributed by atoms with Gasteiger partial charge >= 0.3 is 5.97 Å². The van der Waals surface area contributed by atoms with Crippen molar-refractivity contribution in [1.29, 1.82) is 0 Å². The summed E-state index contributed by atoms with van der Waals surface area (Å²) in [6, 6.07) is -2.75. The number of rotatable bonds is 30. The molecule has 23 heteroatoms. The molecule has 9 amide bonds. The van der Waals surface area contributed by atoms with E-state index in [2.05, 4.69) is 55.2 Å². The summed E-state index contributed by atoms with van der Waals surface area (Å²) < 4.78 is 0. The topological polar surface area (TPSA) is 359 Å². The molecular formula is C45H74N10O12S. The minimum absolute atomic E-state index is 0.0201. The Bertz CT molecular complexity index is 1890. The largest absolute Gasteiger partial charge is 0.480 e. The van der Waals surface area contributed by atoms with E-state index in [1.54, 1.807) is 85.7 Å². The molecule has 0 spiro atoms. The molecule has 1 aromatic carbocycles. The van der Waals surface area contributed by atoms with Crippen LogP contribution < -0.4 is 54.0 Å². The van der Waals surface area contributed by atoms with Gasteiger partial charge in [-0.1, -0.05) is 85.7 Å². The Morgan fingerprint density at radius 1 is 0.544 bits per heavy atom. The number of carboxylic acid groups (broad SMARTS) is 1. The average molecular weight is 979 g/mol. The molecule has 0 aromatic heterocycles. The van der Waals surface area contributed by atoms with E-state index in [1.165, 1.54) is 6.92 Å². The van der Waals surface area contributed by atoms with Crippen LogP contribution in [0, 0.1) is 23.7 Å². The van der Waals surface area contributed by atoms with Crippen molar-refractivity contribution in [2.45, 2.75) is 149 Å². The molecule has 68 heavy (non-hydrogen) atoms.